The van der Waals surface area contributed by atoms with Crippen LogP contribution in [0.3, 0.4) is 0 Å². The smallest absolute Gasteiger partial charge is 0.0225 e. The lowest BCUT2D eigenvalue weighted by atomic mass is 10.2. The zero-order chi connectivity index (χ0) is 9.68. The van der Waals surface area contributed by atoms with Crippen LogP contribution in [0.1, 0.15) is 5.56 Å². The highest BCUT2D eigenvalue weighted by Crippen LogP contribution is 2.20. The van der Waals surface area contributed by atoms with Gasteiger partial charge in [-0.3, -0.25) is 0 Å². The first-order chi connectivity index (χ1) is 6.22. The number of aryl methyl sites for hydroxylation is 1. The lowest BCUT2D eigenvalue weighted by Gasteiger charge is -2.01. The van der Waals surface area contributed by atoms with E-state index in [0.717, 1.165) is 11.3 Å². The molecule has 0 unspecified atom stereocenters. The Morgan fingerprint density at radius 2 is 2.00 bits per heavy atom. The fourth-order valence-corrected chi connectivity index (χ4v) is 1.67. The summed E-state index contributed by atoms with van der Waals surface area (Å²) < 4.78 is 0. The number of rotatable bonds is 4. The molecule has 0 saturated carbocycles. The Kier molecular flexibility index (Phi) is 3.84. The highest BCUT2D eigenvalue weighted by Gasteiger charge is 1.93. The normalized spacial score (nSPS) is 9.62. The fourth-order valence-electron chi connectivity index (χ4n) is 0.869. The van der Waals surface area contributed by atoms with Gasteiger partial charge < -0.3 is 0 Å². The average molecular weight is 190 g/mol. The van der Waals surface area contributed by atoms with E-state index < -0.39 is 0 Å². The standard InChI is InChI=1S/C12H14S/c1-4-10(2)9-13-12-7-5-11(3)6-8-12/h4-8H,1-2,9H2,3H3. The molecule has 0 fully saturated rings. The SMILES string of the molecule is C=CC(=C)CSc1ccc(C)cc1. The molecule has 0 radical (unpaired) electrons. The third kappa shape index (κ3) is 3.51. The lowest BCUT2D eigenvalue weighted by molar-refractivity contribution is 1.37. The van der Waals surface area contributed by atoms with Crippen molar-refractivity contribution in [3.63, 3.8) is 0 Å². The van der Waals surface area contributed by atoms with E-state index in [1.165, 1.54) is 10.5 Å². The highest BCUT2D eigenvalue weighted by molar-refractivity contribution is 7.99. The maximum atomic E-state index is 3.87. The van der Waals surface area contributed by atoms with Crippen LogP contribution in [-0.4, -0.2) is 5.75 Å². The van der Waals surface area contributed by atoms with E-state index in [1.54, 1.807) is 17.8 Å². The number of hydrogen-bond donors (Lipinski definition) is 0. The summed E-state index contributed by atoms with van der Waals surface area (Å²) in [5, 5.41) is 0. The number of benzene rings is 1. The molecule has 0 aliphatic rings. The van der Waals surface area contributed by atoms with Crippen LogP contribution in [0.25, 0.3) is 0 Å². The Morgan fingerprint density at radius 3 is 2.54 bits per heavy atom. The first kappa shape index (κ1) is 10.1. The van der Waals surface area contributed by atoms with Gasteiger partial charge in [-0.2, -0.15) is 0 Å². The molecule has 0 aliphatic carbocycles. The maximum absolute atomic E-state index is 3.87. The third-order valence-electron chi connectivity index (χ3n) is 1.73. The second-order valence-corrected chi connectivity index (χ2v) is 4.01. The van der Waals surface area contributed by atoms with E-state index in [0.29, 0.717) is 0 Å². The average Bonchev–Trinajstić information content (AvgIpc) is 2.16. The van der Waals surface area contributed by atoms with Crippen molar-refractivity contribution >= 4 is 11.8 Å². The van der Waals surface area contributed by atoms with Gasteiger partial charge in [-0.15, -0.1) is 11.8 Å². The molecule has 0 N–H and O–H groups in total. The second kappa shape index (κ2) is 4.93. The highest BCUT2D eigenvalue weighted by atomic mass is 32.2. The lowest BCUT2D eigenvalue weighted by Crippen LogP contribution is -1.80. The van der Waals surface area contributed by atoms with Crippen molar-refractivity contribution in [1.82, 2.24) is 0 Å². The molecular weight excluding hydrogens is 176 g/mol. The van der Waals surface area contributed by atoms with Crippen LogP contribution in [-0.2, 0) is 0 Å². The molecule has 0 heterocycles. The second-order valence-electron chi connectivity index (χ2n) is 2.96. The quantitative estimate of drug-likeness (QED) is 0.513. The summed E-state index contributed by atoms with van der Waals surface area (Å²) in [6.07, 6.45) is 1.81. The van der Waals surface area contributed by atoms with Crippen LogP contribution in [0.15, 0.2) is 54.0 Å². The first-order valence-electron chi connectivity index (χ1n) is 4.22. The predicted octanol–water partition coefficient (Wildman–Crippen LogP) is 3.83. The Morgan fingerprint density at radius 1 is 1.38 bits per heavy atom. The minimum Gasteiger partial charge on any atom is -0.121 e. The molecule has 0 bridgehead atoms. The summed E-state index contributed by atoms with van der Waals surface area (Å²) in [7, 11) is 0. The molecule has 0 aliphatic heterocycles. The zero-order valence-corrected chi connectivity index (χ0v) is 8.73. The molecule has 0 atom stereocenters. The molecule has 0 amide bonds. The van der Waals surface area contributed by atoms with Crippen LogP contribution in [0, 0.1) is 6.92 Å². The van der Waals surface area contributed by atoms with Gasteiger partial charge >= 0.3 is 0 Å². The van der Waals surface area contributed by atoms with E-state index >= 15 is 0 Å². The monoisotopic (exact) mass is 190 g/mol. The van der Waals surface area contributed by atoms with Crippen molar-refractivity contribution in [2.75, 3.05) is 5.75 Å². The molecule has 0 aromatic heterocycles. The fraction of sp³-hybridized carbons (Fsp3) is 0.167. The Balaban J connectivity index is 2.50. The summed E-state index contributed by atoms with van der Waals surface area (Å²) in [5.41, 5.74) is 2.37. The summed E-state index contributed by atoms with van der Waals surface area (Å²) in [4.78, 5) is 1.29. The van der Waals surface area contributed by atoms with Gasteiger partial charge in [0, 0.05) is 10.6 Å². The maximum Gasteiger partial charge on any atom is 0.0225 e. The van der Waals surface area contributed by atoms with Crippen molar-refractivity contribution in [3.05, 3.63) is 54.6 Å². The largest absolute Gasteiger partial charge is 0.121 e. The van der Waals surface area contributed by atoms with E-state index in [9.17, 15) is 0 Å². The van der Waals surface area contributed by atoms with Crippen molar-refractivity contribution in [2.45, 2.75) is 11.8 Å². The number of thioether (sulfide) groups is 1. The molecule has 0 saturated heterocycles. The van der Waals surface area contributed by atoms with Gasteiger partial charge in [-0.05, 0) is 24.6 Å². The van der Waals surface area contributed by atoms with Crippen molar-refractivity contribution in [3.8, 4) is 0 Å². The summed E-state index contributed by atoms with van der Waals surface area (Å²) in [6.45, 7) is 9.64. The van der Waals surface area contributed by atoms with Gasteiger partial charge in [0.2, 0.25) is 0 Å². The first-order valence-corrected chi connectivity index (χ1v) is 5.20. The van der Waals surface area contributed by atoms with Crippen LogP contribution in [0.4, 0.5) is 0 Å². The van der Waals surface area contributed by atoms with E-state index in [4.69, 9.17) is 0 Å². The Labute approximate surface area is 84.4 Å². The summed E-state index contributed by atoms with van der Waals surface area (Å²) in [6, 6.07) is 8.52. The summed E-state index contributed by atoms with van der Waals surface area (Å²) in [5.74, 6) is 0.923. The number of hydrogen-bond acceptors (Lipinski definition) is 1. The van der Waals surface area contributed by atoms with Crippen LogP contribution in [0.2, 0.25) is 0 Å². The van der Waals surface area contributed by atoms with Crippen LogP contribution >= 0.6 is 11.8 Å². The van der Waals surface area contributed by atoms with Gasteiger partial charge in [-0.25, -0.2) is 0 Å². The molecule has 68 valence electrons. The van der Waals surface area contributed by atoms with Gasteiger partial charge in [0.25, 0.3) is 0 Å². The third-order valence-corrected chi connectivity index (χ3v) is 2.85. The summed E-state index contributed by atoms with van der Waals surface area (Å²) >= 11 is 1.79. The van der Waals surface area contributed by atoms with E-state index in [1.807, 2.05) is 0 Å². The van der Waals surface area contributed by atoms with Gasteiger partial charge in [-0.1, -0.05) is 36.9 Å². The molecule has 1 aromatic carbocycles. The van der Waals surface area contributed by atoms with E-state index in [-0.39, 0.29) is 0 Å². The molecule has 1 aromatic rings. The molecule has 0 spiro atoms. The molecule has 13 heavy (non-hydrogen) atoms. The topological polar surface area (TPSA) is 0 Å². The molecule has 1 rings (SSSR count). The Hall–Kier alpha value is -0.950. The van der Waals surface area contributed by atoms with Crippen LogP contribution in [0.5, 0.6) is 0 Å². The molecular formula is C12H14S. The minimum absolute atomic E-state index is 0.923. The van der Waals surface area contributed by atoms with Crippen LogP contribution < -0.4 is 0 Å². The predicted molar refractivity (Wildman–Crippen MR) is 61.2 cm³/mol. The minimum atomic E-state index is 0.923. The van der Waals surface area contributed by atoms with Crippen molar-refractivity contribution < 1.29 is 0 Å². The van der Waals surface area contributed by atoms with Gasteiger partial charge in [0.15, 0.2) is 0 Å². The van der Waals surface area contributed by atoms with E-state index in [2.05, 4.69) is 44.3 Å². The van der Waals surface area contributed by atoms with Crippen molar-refractivity contribution in [2.24, 2.45) is 0 Å². The Bertz CT molecular complexity index is 295. The molecule has 1 heteroatoms. The van der Waals surface area contributed by atoms with Gasteiger partial charge in [0.05, 0.1) is 0 Å². The number of allylic oxidation sites excluding steroid dienone is 1. The zero-order valence-electron chi connectivity index (χ0n) is 7.92. The van der Waals surface area contributed by atoms with Gasteiger partial charge in [0.1, 0.15) is 0 Å². The molecule has 0 nitrogen and oxygen atoms in total. The van der Waals surface area contributed by atoms with Crippen molar-refractivity contribution in [1.29, 1.82) is 0 Å².